The fraction of sp³-hybridized carbons (Fsp3) is 0.276. The fourth-order valence-electron chi connectivity index (χ4n) is 4.52. The van der Waals surface area contributed by atoms with Crippen LogP contribution < -0.4 is 21.0 Å². The summed E-state index contributed by atoms with van der Waals surface area (Å²) in [7, 11) is -4.56. The van der Waals surface area contributed by atoms with E-state index in [1.165, 1.54) is 13.0 Å². The lowest BCUT2D eigenvalue weighted by atomic mass is 10.1. The van der Waals surface area contributed by atoms with E-state index in [0.29, 0.717) is 9.95 Å². The summed E-state index contributed by atoms with van der Waals surface area (Å²) in [6, 6.07) is 20.7. The van der Waals surface area contributed by atoms with Crippen molar-refractivity contribution in [2.75, 3.05) is 12.3 Å². The van der Waals surface area contributed by atoms with Crippen LogP contribution in [0.3, 0.4) is 0 Å². The van der Waals surface area contributed by atoms with Crippen LogP contribution in [0.15, 0.2) is 89.9 Å². The molecule has 0 saturated carbocycles. The van der Waals surface area contributed by atoms with Crippen molar-refractivity contribution < 1.29 is 41.8 Å². The van der Waals surface area contributed by atoms with Crippen LogP contribution in [0.25, 0.3) is 10.8 Å². The molecule has 0 aliphatic carbocycles. The zero-order valence-electron chi connectivity index (χ0n) is 23.3. The van der Waals surface area contributed by atoms with Crippen molar-refractivity contribution in [3.05, 3.63) is 101 Å². The first-order chi connectivity index (χ1) is 21.0. The molecule has 12 nitrogen and oxygen atoms in total. The second-order valence-corrected chi connectivity index (χ2v) is 11.7. The highest BCUT2D eigenvalue weighted by atomic mass is 31.2. The Morgan fingerprint density at radius 1 is 1.14 bits per heavy atom. The van der Waals surface area contributed by atoms with Crippen molar-refractivity contribution >= 4 is 30.3 Å². The Morgan fingerprint density at radius 2 is 1.84 bits per heavy atom. The van der Waals surface area contributed by atoms with E-state index in [0.717, 1.165) is 23.2 Å². The van der Waals surface area contributed by atoms with Crippen LogP contribution in [0.5, 0.6) is 5.75 Å². The molecule has 5 atom stereocenters. The van der Waals surface area contributed by atoms with E-state index in [-0.39, 0.29) is 18.2 Å². The summed E-state index contributed by atoms with van der Waals surface area (Å²) in [5.74, 6) is -4.85. The van der Waals surface area contributed by atoms with Gasteiger partial charge in [-0.3, -0.25) is 13.9 Å². The lowest BCUT2D eigenvalue weighted by molar-refractivity contribution is -0.146. The van der Waals surface area contributed by atoms with Gasteiger partial charge in [0.25, 0.3) is 0 Å². The second-order valence-electron chi connectivity index (χ2n) is 9.99. The zero-order chi connectivity index (χ0) is 31.5. The molecule has 2 heterocycles. The summed E-state index contributed by atoms with van der Waals surface area (Å²) >= 11 is 0. The van der Waals surface area contributed by atoms with Gasteiger partial charge in [-0.15, -0.1) is 0 Å². The first-order valence-electron chi connectivity index (χ1n) is 13.4. The van der Waals surface area contributed by atoms with E-state index in [9.17, 15) is 19.3 Å². The molecule has 232 valence electrons. The van der Waals surface area contributed by atoms with Crippen LogP contribution >= 0.6 is 7.75 Å². The van der Waals surface area contributed by atoms with Crippen molar-refractivity contribution in [1.29, 1.82) is 0 Å². The summed E-state index contributed by atoms with van der Waals surface area (Å²) in [4.78, 5) is 28.4. The number of ether oxygens (including phenoxy) is 2. The molecular weight excluding hydrogens is 601 g/mol. The second kappa shape index (κ2) is 12.8. The van der Waals surface area contributed by atoms with Crippen LogP contribution in [-0.4, -0.2) is 51.4 Å². The van der Waals surface area contributed by atoms with Crippen LogP contribution in [0.1, 0.15) is 18.7 Å². The maximum absolute atomic E-state index is 15.1. The molecular formula is C29H29F2N4O8P. The number of anilines is 1. The summed E-state index contributed by atoms with van der Waals surface area (Å²) in [5, 5.41) is 14.2. The quantitative estimate of drug-likeness (QED) is 0.163. The number of hydrogen-bond donors (Lipinski definition) is 3. The zero-order valence-corrected chi connectivity index (χ0v) is 24.2. The standard InChI is InChI=1S/C29H29F2N4O8P/c1-18(26(37)40-16-19-8-3-2-4-9-19)34-44(39,43-22-13-7-11-20-10-5-6-12-21(20)22)41-17-23-25(36)29(30,31)27(42-23)35-15-14-24(32)33-28(35)38/h2-15,18,23,25,27,36H,16-17H2,1H3,(H,34,39)(H2,32,33,38)/t18-,23+,25?,27+,44?/m0/s1. The highest BCUT2D eigenvalue weighted by Crippen LogP contribution is 2.49. The molecule has 1 aromatic heterocycles. The van der Waals surface area contributed by atoms with Crippen molar-refractivity contribution in [2.24, 2.45) is 0 Å². The van der Waals surface area contributed by atoms with Gasteiger partial charge in [-0.25, -0.2) is 9.36 Å². The van der Waals surface area contributed by atoms with Gasteiger partial charge in [0, 0.05) is 11.6 Å². The third kappa shape index (κ3) is 6.79. The van der Waals surface area contributed by atoms with E-state index in [4.69, 9.17) is 24.3 Å². The van der Waals surface area contributed by atoms with Gasteiger partial charge < -0.3 is 24.8 Å². The third-order valence-electron chi connectivity index (χ3n) is 6.79. The Bertz CT molecular complexity index is 1740. The van der Waals surface area contributed by atoms with Crippen LogP contribution in [-0.2, 0) is 30.0 Å². The summed E-state index contributed by atoms with van der Waals surface area (Å²) in [6.07, 6.45) is -5.55. The number of hydrogen-bond acceptors (Lipinski definition) is 10. The summed E-state index contributed by atoms with van der Waals surface area (Å²) in [6.45, 7) is 0.422. The lowest BCUT2D eigenvalue weighted by Gasteiger charge is -2.25. The molecule has 44 heavy (non-hydrogen) atoms. The average Bonchev–Trinajstić information content (AvgIpc) is 3.23. The number of alkyl halides is 2. The Balaban J connectivity index is 1.36. The predicted molar refractivity (Wildman–Crippen MR) is 155 cm³/mol. The number of nitrogens with two attached hydrogens (primary N) is 1. The van der Waals surface area contributed by atoms with Crippen LogP contribution in [0.2, 0.25) is 0 Å². The number of nitrogens with zero attached hydrogens (tertiary/aromatic N) is 2. The lowest BCUT2D eigenvalue weighted by Crippen LogP contribution is -2.42. The normalized spacial score (nSPS) is 21.4. The molecule has 5 rings (SSSR count). The van der Waals surface area contributed by atoms with Gasteiger partial charge in [-0.2, -0.15) is 18.9 Å². The summed E-state index contributed by atoms with van der Waals surface area (Å²) in [5.41, 5.74) is 5.04. The maximum atomic E-state index is 15.1. The van der Waals surface area contributed by atoms with Crippen LogP contribution in [0, 0.1) is 0 Å². The van der Waals surface area contributed by atoms with E-state index in [1.807, 2.05) is 6.07 Å². The monoisotopic (exact) mass is 630 g/mol. The van der Waals surface area contributed by atoms with Crippen molar-refractivity contribution in [1.82, 2.24) is 14.6 Å². The molecule has 4 aromatic rings. The number of aromatic nitrogens is 2. The number of halogens is 2. The minimum atomic E-state index is -4.56. The number of carbonyl (C=O) groups is 1. The molecule has 0 bridgehead atoms. The Morgan fingerprint density at radius 3 is 2.59 bits per heavy atom. The van der Waals surface area contributed by atoms with Gasteiger partial charge in [-0.1, -0.05) is 66.7 Å². The fourth-order valence-corrected chi connectivity index (χ4v) is 6.04. The Hall–Kier alpha value is -4.20. The molecule has 1 fully saturated rings. The molecule has 1 saturated heterocycles. The molecule has 15 heteroatoms. The third-order valence-corrected chi connectivity index (χ3v) is 8.42. The highest BCUT2D eigenvalue weighted by Gasteiger charge is 2.60. The van der Waals surface area contributed by atoms with Crippen molar-refractivity contribution in [2.45, 2.75) is 43.9 Å². The van der Waals surface area contributed by atoms with Gasteiger partial charge in [0.05, 0.1) is 6.61 Å². The minimum Gasteiger partial charge on any atom is -0.460 e. The molecule has 1 aliphatic rings. The highest BCUT2D eigenvalue weighted by molar-refractivity contribution is 7.52. The molecule has 0 radical (unpaired) electrons. The smallest absolute Gasteiger partial charge is 0.459 e. The number of esters is 1. The number of nitrogen functional groups attached to an aromatic ring is 1. The molecule has 2 unspecified atom stereocenters. The molecule has 3 aromatic carbocycles. The number of aliphatic hydroxyl groups excluding tert-OH is 1. The number of nitrogens with one attached hydrogen (secondary N) is 1. The number of carbonyl (C=O) groups excluding carboxylic acids is 1. The van der Waals surface area contributed by atoms with Gasteiger partial charge in [0.1, 0.15) is 30.3 Å². The number of benzene rings is 3. The van der Waals surface area contributed by atoms with E-state index in [2.05, 4.69) is 10.1 Å². The Kier molecular flexibility index (Phi) is 9.09. The molecule has 0 spiro atoms. The maximum Gasteiger partial charge on any atom is 0.459 e. The average molecular weight is 631 g/mol. The number of aliphatic hydroxyl groups is 1. The van der Waals surface area contributed by atoms with Gasteiger partial charge >= 0.3 is 25.3 Å². The topological polar surface area (TPSA) is 164 Å². The van der Waals surface area contributed by atoms with Crippen molar-refractivity contribution in [3.63, 3.8) is 0 Å². The summed E-state index contributed by atoms with van der Waals surface area (Å²) < 4.78 is 66.7. The minimum absolute atomic E-state index is 0.0566. The first-order valence-corrected chi connectivity index (χ1v) is 15.0. The van der Waals surface area contributed by atoms with Gasteiger partial charge in [0.2, 0.25) is 6.23 Å². The predicted octanol–water partition coefficient (Wildman–Crippen LogP) is 3.80. The first kappa shape index (κ1) is 31.2. The van der Waals surface area contributed by atoms with Gasteiger partial charge in [-0.05, 0) is 30.0 Å². The van der Waals surface area contributed by atoms with Crippen LogP contribution in [0.4, 0.5) is 14.6 Å². The van der Waals surface area contributed by atoms with E-state index < -0.39 is 56.4 Å². The number of rotatable bonds is 11. The molecule has 1 aliphatic heterocycles. The molecule has 4 N–H and O–H groups in total. The SMILES string of the molecule is C[C@H](NP(=O)(OC[C@H]1O[C@@H](n2ccc(N)nc2=O)C(F)(F)C1O)Oc1cccc2ccccc12)C(=O)OCc1ccccc1. The molecule has 0 amide bonds. The van der Waals surface area contributed by atoms with Gasteiger partial charge in [0.15, 0.2) is 6.10 Å². The number of fused-ring (bicyclic) bond motifs is 1. The van der Waals surface area contributed by atoms with E-state index >= 15 is 8.78 Å². The van der Waals surface area contributed by atoms with Crippen molar-refractivity contribution in [3.8, 4) is 5.75 Å². The Labute approximate surface area is 249 Å². The largest absolute Gasteiger partial charge is 0.460 e. The van der Waals surface area contributed by atoms with E-state index in [1.54, 1.807) is 60.7 Å².